The fourth-order valence-electron chi connectivity index (χ4n) is 3.85. The molecule has 0 heterocycles. The molecule has 0 saturated carbocycles. The zero-order valence-corrected chi connectivity index (χ0v) is 24.9. The first-order chi connectivity index (χ1) is 18.2. The Hall–Kier alpha value is -3.07. The molecule has 7 nitrogen and oxygen atoms in total. The van der Waals surface area contributed by atoms with Gasteiger partial charge in [-0.3, -0.25) is 13.9 Å². The smallest absolute Gasteiger partial charge is 0.264 e. The van der Waals surface area contributed by atoms with Crippen LogP contribution < -0.4 is 9.62 Å². The molecular formula is C29H33Cl2N3O4S. The highest BCUT2D eigenvalue weighted by Crippen LogP contribution is 2.29. The number of amides is 2. The lowest BCUT2D eigenvalue weighted by molar-refractivity contribution is -0.140. The quantitative estimate of drug-likeness (QED) is 0.340. The molecule has 0 fully saturated rings. The van der Waals surface area contributed by atoms with Crippen LogP contribution in [-0.4, -0.2) is 43.3 Å². The van der Waals surface area contributed by atoms with E-state index in [1.165, 1.54) is 23.1 Å². The van der Waals surface area contributed by atoms with Gasteiger partial charge in [-0.05, 0) is 76.1 Å². The molecule has 0 saturated heterocycles. The summed E-state index contributed by atoms with van der Waals surface area (Å²) in [7, 11) is -4.17. The molecule has 2 amide bonds. The summed E-state index contributed by atoms with van der Waals surface area (Å²) >= 11 is 12.7. The predicted molar refractivity (Wildman–Crippen MR) is 157 cm³/mol. The van der Waals surface area contributed by atoms with Crippen LogP contribution in [0.25, 0.3) is 0 Å². The molecule has 39 heavy (non-hydrogen) atoms. The molecule has 0 spiro atoms. The Morgan fingerprint density at radius 2 is 1.54 bits per heavy atom. The SMILES string of the molecule is Cc1ccc(N(CC(=O)N(Cc2ccccc2Cl)C(C)C(=O)NC(C)(C)C)S(=O)(=O)c2ccccc2)cc1Cl. The number of carbonyl (C=O) groups excluding carboxylic acids is 2. The van der Waals surface area contributed by atoms with Gasteiger partial charge in [-0.2, -0.15) is 0 Å². The average Bonchev–Trinajstić information content (AvgIpc) is 2.87. The lowest BCUT2D eigenvalue weighted by Crippen LogP contribution is -2.54. The summed E-state index contributed by atoms with van der Waals surface area (Å²) < 4.78 is 28.6. The average molecular weight is 591 g/mol. The number of rotatable bonds is 9. The molecule has 10 heteroatoms. The highest BCUT2D eigenvalue weighted by Gasteiger charge is 2.33. The minimum Gasteiger partial charge on any atom is -0.350 e. The van der Waals surface area contributed by atoms with Gasteiger partial charge in [-0.25, -0.2) is 8.42 Å². The van der Waals surface area contributed by atoms with Crippen LogP contribution >= 0.6 is 23.2 Å². The number of hydrogen-bond donors (Lipinski definition) is 1. The van der Waals surface area contributed by atoms with E-state index in [2.05, 4.69) is 5.32 Å². The lowest BCUT2D eigenvalue weighted by Gasteiger charge is -2.33. The van der Waals surface area contributed by atoms with Crippen LogP contribution in [0.1, 0.15) is 38.8 Å². The number of sulfonamides is 1. The highest BCUT2D eigenvalue weighted by molar-refractivity contribution is 7.92. The van der Waals surface area contributed by atoms with Crippen molar-refractivity contribution in [3.8, 4) is 0 Å². The Bertz CT molecular complexity index is 1440. The molecule has 1 atom stereocenters. The summed E-state index contributed by atoms with van der Waals surface area (Å²) in [6, 6.07) is 18.7. The van der Waals surface area contributed by atoms with E-state index in [9.17, 15) is 18.0 Å². The maximum atomic E-state index is 13.9. The molecule has 0 aliphatic carbocycles. The maximum absolute atomic E-state index is 13.9. The van der Waals surface area contributed by atoms with E-state index in [0.717, 1.165) is 9.87 Å². The Balaban J connectivity index is 2.06. The molecule has 1 N–H and O–H groups in total. The van der Waals surface area contributed by atoms with Crippen molar-refractivity contribution in [2.45, 2.75) is 57.6 Å². The first kappa shape index (κ1) is 30.5. The lowest BCUT2D eigenvalue weighted by atomic mass is 10.1. The normalized spacial score (nSPS) is 12.5. The van der Waals surface area contributed by atoms with Crippen LogP contribution in [0.3, 0.4) is 0 Å². The van der Waals surface area contributed by atoms with Crippen LogP contribution in [0.5, 0.6) is 0 Å². The molecular weight excluding hydrogens is 557 g/mol. The second-order valence-electron chi connectivity index (χ2n) is 10.3. The van der Waals surface area contributed by atoms with Crippen molar-refractivity contribution in [1.82, 2.24) is 10.2 Å². The Morgan fingerprint density at radius 3 is 2.13 bits per heavy atom. The minimum absolute atomic E-state index is 0.00507. The molecule has 3 aromatic rings. The van der Waals surface area contributed by atoms with Gasteiger partial charge in [0.15, 0.2) is 0 Å². The summed E-state index contributed by atoms with van der Waals surface area (Å²) in [5.74, 6) is -0.957. The van der Waals surface area contributed by atoms with E-state index >= 15 is 0 Å². The maximum Gasteiger partial charge on any atom is 0.264 e. The summed E-state index contributed by atoms with van der Waals surface area (Å²) in [4.78, 5) is 28.5. The van der Waals surface area contributed by atoms with Crippen molar-refractivity contribution in [1.29, 1.82) is 0 Å². The van der Waals surface area contributed by atoms with E-state index in [1.807, 2.05) is 20.8 Å². The predicted octanol–water partition coefficient (Wildman–Crippen LogP) is 5.83. The Kier molecular flexibility index (Phi) is 9.69. The van der Waals surface area contributed by atoms with Gasteiger partial charge in [-0.15, -0.1) is 0 Å². The monoisotopic (exact) mass is 589 g/mol. The number of nitrogens with zero attached hydrogens (tertiary/aromatic N) is 2. The number of halogens is 2. The first-order valence-electron chi connectivity index (χ1n) is 12.4. The van der Waals surface area contributed by atoms with Gasteiger partial charge >= 0.3 is 0 Å². The van der Waals surface area contributed by atoms with E-state index in [4.69, 9.17) is 23.2 Å². The van der Waals surface area contributed by atoms with Gasteiger partial charge in [-0.1, -0.05) is 65.7 Å². The number of carbonyl (C=O) groups is 2. The zero-order chi connectivity index (χ0) is 29.0. The van der Waals surface area contributed by atoms with Crippen molar-refractivity contribution < 1.29 is 18.0 Å². The zero-order valence-electron chi connectivity index (χ0n) is 22.6. The van der Waals surface area contributed by atoms with Crippen molar-refractivity contribution in [3.05, 3.63) is 94.0 Å². The van der Waals surface area contributed by atoms with Crippen LogP contribution in [0.15, 0.2) is 77.7 Å². The molecule has 3 aromatic carbocycles. The van der Waals surface area contributed by atoms with Gasteiger partial charge in [0.25, 0.3) is 10.0 Å². The third-order valence-corrected chi connectivity index (χ3v) is 8.58. The Morgan fingerprint density at radius 1 is 0.923 bits per heavy atom. The van der Waals surface area contributed by atoms with Crippen molar-refractivity contribution >= 4 is 50.7 Å². The summed E-state index contributed by atoms with van der Waals surface area (Å²) in [5, 5.41) is 3.68. The molecule has 3 rings (SSSR count). The standard InChI is InChI=1S/C29H33Cl2N3O4S/c1-20-15-16-23(17-26(20)31)34(39(37,38)24-12-7-6-8-13-24)19-27(35)33(18-22-11-9-10-14-25(22)30)21(2)28(36)32-29(3,4)5/h6-17,21H,18-19H2,1-5H3,(H,32,36). The molecule has 1 unspecified atom stereocenters. The summed E-state index contributed by atoms with van der Waals surface area (Å²) in [6.07, 6.45) is 0. The third-order valence-electron chi connectivity index (χ3n) is 6.02. The molecule has 0 aliphatic heterocycles. The first-order valence-corrected chi connectivity index (χ1v) is 14.6. The summed E-state index contributed by atoms with van der Waals surface area (Å²) in [5.41, 5.74) is 1.08. The second-order valence-corrected chi connectivity index (χ2v) is 13.0. The number of nitrogens with one attached hydrogen (secondary N) is 1. The van der Waals surface area contributed by atoms with Gasteiger partial charge in [0, 0.05) is 22.1 Å². The largest absolute Gasteiger partial charge is 0.350 e. The topological polar surface area (TPSA) is 86.8 Å². The number of hydrogen-bond acceptors (Lipinski definition) is 4. The highest BCUT2D eigenvalue weighted by atomic mass is 35.5. The van der Waals surface area contributed by atoms with Crippen LogP contribution in [0.4, 0.5) is 5.69 Å². The van der Waals surface area contributed by atoms with E-state index in [1.54, 1.807) is 68.4 Å². The fraction of sp³-hybridized carbons (Fsp3) is 0.310. The molecule has 0 bridgehead atoms. The van der Waals surface area contributed by atoms with Gasteiger partial charge in [0.2, 0.25) is 11.8 Å². The third kappa shape index (κ3) is 7.75. The van der Waals surface area contributed by atoms with Crippen LogP contribution in [-0.2, 0) is 26.2 Å². The van der Waals surface area contributed by atoms with E-state index in [-0.39, 0.29) is 23.0 Å². The minimum atomic E-state index is -4.17. The van der Waals surface area contributed by atoms with Crippen molar-refractivity contribution in [3.63, 3.8) is 0 Å². The molecule has 0 aromatic heterocycles. The molecule has 208 valence electrons. The van der Waals surface area contributed by atoms with Gasteiger partial charge in [0.1, 0.15) is 12.6 Å². The van der Waals surface area contributed by atoms with Gasteiger partial charge in [0.05, 0.1) is 10.6 Å². The Labute approximate surface area is 240 Å². The number of anilines is 1. The van der Waals surface area contributed by atoms with Crippen LogP contribution in [0, 0.1) is 6.92 Å². The van der Waals surface area contributed by atoms with Crippen molar-refractivity contribution in [2.75, 3.05) is 10.8 Å². The van der Waals surface area contributed by atoms with E-state index < -0.39 is 34.1 Å². The van der Waals surface area contributed by atoms with Crippen molar-refractivity contribution in [2.24, 2.45) is 0 Å². The van der Waals surface area contributed by atoms with Gasteiger partial charge < -0.3 is 10.2 Å². The fourth-order valence-corrected chi connectivity index (χ4v) is 5.65. The van der Waals surface area contributed by atoms with E-state index in [0.29, 0.717) is 15.6 Å². The number of benzene rings is 3. The number of aryl methyl sites for hydroxylation is 1. The summed E-state index contributed by atoms with van der Waals surface area (Å²) in [6.45, 7) is 8.37. The molecule has 0 radical (unpaired) electrons. The van der Waals surface area contributed by atoms with Crippen LogP contribution in [0.2, 0.25) is 10.0 Å². The molecule has 0 aliphatic rings. The second kappa shape index (κ2) is 12.4.